The minimum Gasteiger partial charge on any atom is -0.255 e. The highest BCUT2D eigenvalue weighted by Crippen LogP contribution is 2.23. The molecule has 6 heteroatoms. The van der Waals surface area contributed by atoms with Gasteiger partial charge in [-0.25, -0.2) is 20.0 Å². The lowest BCUT2D eigenvalue weighted by molar-refractivity contribution is 0.739. The predicted molar refractivity (Wildman–Crippen MR) is 90.9 cm³/mol. The van der Waals surface area contributed by atoms with Crippen LogP contribution in [0.2, 0.25) is 0 Å². The summed E-state index contributed by atoms with van der Waals surface area (Å²) in [5.41, 5.74) is 3.27. The molecule has 0 fully saturated rings. The molecule has 0 radical (unpaired) electrons. The Morgan fingerprint density at radius 2 is 1.61 bits per heavy atom. The van der Waals surface area contributed by atoms with Crippen molar-refractivity contribution in [2.24, 2.45) is 9.98 Å². The summed E-state index contributed by atoms with van der Waals surface area (Å²) in [4.78, 5) is 25.0. The van der Waals surface area contributed by atoms with Gasteiger partial charge in [0.2, 0.25) is 0 Å². The van der Waals surface area contributed by atoms with Crippen LogP contribution in [0.15, 0.2) is 34.8 Å². The third kappa shape index (κ3) is 4.03. The van der Waals surface area contributed by atoms with Gasteiger partial charge >= 0.3 is 0 Å². The molecular weight excluding hydrogens is 288 g/mol. The zero-order chi connectivity index (χ0) is 15.9. The molecule has 6 nitrogen and oxygen atoms in total. The molecule has 0 N–H and O–H groups in total. The number of hydrogen-bond acceptors (Lipinski definition) is 6. The van der Waals surface area contributed by atoms with Crippen molar-refractivity contribution in [3.63, 3.8) is 0 Å². The molecule has 0 saturated heterocycles. The van der Waals surface area contributed by atoms with Crippen LogP contribution >= 0.6 is 0 Å². The molecule has 0 aliphatic carbocycles. The van der Waals surface area contributed by atoms with E-state index in [9.17, 15) is 0 Å². The number of fused-ring (bicyclic) bond motifs is 2. The van der Waals surface area contributed by atoms with Crippen molar-refractivity contribution in [1.82, 2.24) is 19.9 Å². The van der Waals surface area contributed by atoms with E-state index in [-0.39, 0.29) is 0 Å². The Balaban J connectivity index is 0.000000149. The second kappa shape index (κ2) is 7.67. The summed E-state index contributed by atoms with van der Waals surface area (Å²) >= 11 is 0. The van der Waals surface area contributed by atoms with Gasteiger partial charge in [0.15, 0.2) is 11.6 Å². The maximum absolute atomic E-state index is 4.47. The van der Waals surface area contributed by atoms with Gasteiger partial charge in [-0.15, -0.1) is 0 Å². The van der Waals surface area contributed by atoms with Gasteiger partial charge in [-0.2, -0.15) is 0 Å². The molecule has 2 aromatic heterocycles. The molecule has 118 valence electrons. The van der Waals surface area contributed by atoms with Gasteiger partial charge in [0.05, 0.1) is 11.4 Å². The van der Waals surface area contributed by atoms with Crippen molar-refractivity contribution in [2.45, 2.75) is 45.4 Å². The van der Waals surface area contributed by atoms with E-state index in [1.807, 2.05) is 6.21 Å². The van der Waals surface area contributed by atoms with Crippen LogP contribution in [0.3, 0.4) is 0 Å². The highest BCUT2D eigenvalue weighted by Gasteiger charge is 2.15. The highest BCUT2D eigenvalue weighted by molar-refractivity contribution is 5.92. The molecule has 2 aromatic rings. The predicted octanol–water partition coefficient (Wildman–Crippen LogP) is 3.42. The lowest BCUT2D eigenvalue weighted by Crippen LogP contribution is -1.98. The Morgan fingerprint density at radius 3 is 2.35 bits per heavy atom. The van der Waals surface area contributed by atoms with Gasteiger partial charge < -0.3 is 0 Å². The number of nitrogens with zero attached hydrogens (tertiary/aromatic N) is 6. The molecule has 2 aliphatic heterocycles. The number of unbranched alkanes of at least 4 members (excludes halogenated alkanes) is 2. The van der Waals surface area contributed by atoms with Gasteiger partial charge in [-0.1, -0.05) is 19.8 Å². The van der Waals surface area contributed by atoms with Crippen LogP contribution in [0.5, 0.6) is 0 Å². The van der Waals surface area contributed by atoms with Gasteiger partial charge in [0.1, 0.15) is 0 Å². The Morgan fingerprint density at radius 1 is 0.870 bits per heavy atom. The molecule has 0 atom stereocenters. The van der Waals surface area contributed by atoms with Crippen LogP contribution < -0.4 is 0 Å². The monoisotopic (exact) mass is 308 g/mol. The second-order valence-corrected chi connectivity index (χ2v) is 5.48. The molecule has 0 amide bonds. The fourth-order valence-corrected chi connectivity index (χ4v) is 2.51. The van der Waals surface area contributed by atoms with Crippen molar-refractivity contribution in [2.75, 3.05) is 0 Å². The summed E-state index contributed by atoms with van der Waals surface area (Å²) in [6, 6.07) is 0. The van der Waals surface area contributed by atoms with E-state index in [1.54, 1.807) is 24.8 Å². The topological polar surface area (TPSA) is 76.3 Å². The maximum atomic E-state index is 4.47. The minimum absolute atomic E-state index is 0.775. The maximum Gasteiger partial charge on any atom is 0.174 e. The number of aliphatic imine (C=N–C) groups is 2. The fraction of sp³-hybridized carbons (Fsp3) is 0.412. The first-order valence-electron chi connectivity index (χ1n) is 8.05. The molecule has 4 rings (SSSR count). The number of rotatable bonds is 4. The molecular formula is C17H20N6. The van der Waals surface area contributed by atoms with Crippen molar-refractivity contribution < 1.29 is 0 Å². The zero-order valence-electron chi connectivity index (χ0n) is 13.3. The van der Waals surface area contributed by atoms with E-state index in [0.29, 0.717) is 0 Å². The molecule has 23 heavy (non-hydrogen) atoms. The average Bonchev–Trinajstić information content (AvgIpc) is 3.22. The first-order valence-corrected chi connectivity index (χ1v) is 8.05. The third-order valence-electron chi connectivity index (χ3n) is 3.71. The van der Waals surface area contributed by atoms with E-state index in [4.69, 9.17) is 0 Å². The van der Waals surface area contributed by atoms with Crippen LogP contribution in [0.1, 0.15) is 44.0 Å². The summed E-state index contributed by atoms with van der Waals surface area (Å²) in [6.45, 7) is 2.22. The van der Waals surface area contributed by atoms with Gasteiger partial charge in [-0.05, 0) is 12.8 Å². The molecule has 0 unspecified atom stereocenters. The van der Waals surface area contributed by atoms with E-state index in [0.717, 1.165) is 42.3 Å². The first-order chi connectivity index (χ1) is 11.4. The van der Waals surface area contributed by atoms with E-state index < -0.39 is 0 Å². The van der Waals surface area contributed by atoms with Gasteiger partial charge in [0.25, 0.3) is 0 Å². The van der Waals surface area contributed by atoms with E-state index in [2.05, 4.69) is 36.8 Å². The number of hydrogen-bond donors (Lipinski definition) is 0. The van der Waals surface area contributed by atoms with E-state index in [1.165, 1.54) is 25.0 Å². The summed E-state index contributed by atoms with van der Waals surface area (Å²) in [7, 11) is 0. The quantitative estimate of drug-likeness (QED) is 0.811. The van der Waals surface area contributed by atoms with Gasteiger partial charge in [0, 0.05) is 49.6 Å². The smallest absolute Gasteiger partial charge is 0.174 e. The second-order valence-electron chi connectivity index (χ2n) is 5.48. The Labute approximate surface area is 135 Å². The van der Waals surface area contributed by atoms with Crippen molar-refractivity contribution in [1.29, 1.82) is 0 Å². The Kier molecular flexibility index (Phi) is 5.13. The minimum atomic E-state index is 0.775. The van der Waals surface area contributed by atoms with Crippen molar-refractivity contribution in [3.05, 3.63) is 36.2 Å². The van der Waals surface area contributed by atoms with Crippen molar-refractivity contribution in [3.8, 4) is 0 Å². The highest BCUT2D eigenvalue weighted by atomic mass is 15.0. The Hall–Kier alpha value is -2.50. The van der Waals surface area contributed by atoms with Crippen LogP contribution in [0, 0.1) is 0 Å². The SMILES string of the molecule is C1=Nc2nccnc2C1.CCCCCC1=Nc2nccnc2C1. The van der Waals surface area contributed by atoms with E-state index >= 15 is 0 Å². The average molecular weight is 308 g/mol. The lowest BCUT2D eigenvalue weighted by atomic mass is 10.1. The summed E-state index contributed by atoms with van der Waals surface area (Å²) in [5.74, 6) is 1.61. The standard InChI is InChI=1S/C11H15N3.C6H5N3/c1-2-3-4-5-9-8-10-11(14-9)13-7-6-12-10;1-2-8-6-5(1)7-3-4-9-6/h6-7H,2-5,8H2,1H3;2-4H,1H2. The molecule has 0 saturated carbocycles. The van der Waals surface area contributed by atoms with Crippen molar-refractivity contribution >= 4 is 23.6 Å². The number of aromatic nitrogens is 4. The zero-order valence-corrected chi connectivity index (χ0v) is 13.3. The largest absolute Gasteiger partial charge is 0.255 e. The third-order valence-corrected chi connectivity index (χ3v) is 3.71. The fourth-order valence-electron chi connectivity index (χ4n) is 2.51. The van der Waals surface area contributed by atoms with Crippen LogP contribution in [0.4, 0.5) is 11.6 Å². The summed E-state index contributed by atoms with van der Waals surface area (Å²) in [5, 5.41) is 0. The summed E-state index contributed by atoms with van der Waals surface area (Å²) < 4.78 is 0. The molecule has 0 spiro atoms. The molecule has 0 aromatic carbocycles. The normalized spacial score (nSPS) is 13.9. The van der Waals surface area contributed by atoms with Crippen LogP contribution in [-0.2, 0) is 12.8 Å². The summed E-state index contributed by atoms with van der Waals surface area (Å²) in [6.07, 6.45) is 15.2. The van der Waals surface area contributed by atoms with Gasteiger partial charge in [-0.3, -0.25) is 9.97 Å². The van der Waals surface area contributed by atoms with Crippen LogP contribution in [0.25, 0.3) is 0 Å². The molecule has 0 bridgehead atoms. The first kappa shape index (κ1) is 15.4. The Bertz CT molecular complexity index is 723. The van der Waals surface area contributed by atoms with Crippen LogP contribution in [-0.4, -0.2) is 31.9 Å². The lowest BCUT2D eigenvalue weighted by Gasteiger charge is -1.97. The molecule has 2 aliphatic rings. The molecule has 4 heterocycles.